The fourth-order valence-corrected chi connectivity index (χ4v) is 1.32. The van der Waals surface area contributed by atoms with Gasteiger partial charge in [0.15, 0.2) is 0 Å². The van der Waals surface area contributed by atoms with E-state index in [0.29, 0.717) is 5.82 Å². The van der Waals surface area contributed by atoms with Crippen molar-refractivity contribution in [3.05, 3.63) is 36.5 Å². The van der Waals surface area contributed by atoms with Gasteiger partial charge in [-0.1, -0.05) is 12.1 Å². The van der Waals surface area contributed by atoms with E-state index in [1.54, 1.807) is 24.1 Å². The van der Waals surface area contributed by atoms with E-state index in [9.17, 15) is 0 Å². The molecule has 0 amide bonds. The minimum atomic E-state index is 0.592. The van der Waals surface area contributed by atoms with Gasteiger partial charge >= 0.3 is 0 Å². The molecule has 14 heavy (non-hydrogen) atoms. The Kier molecular flexibility index (Phi) is 2.10. The molecular formula is C10H11N3O. The molecule has 2 aromatic rings. The molecule has 0 saturated carbocycles. The van der Waals surface area contributed by atoms with Crippen molar-refractivity contribution in [2.75, 3.05) is 12.8 Å². The Morgan fingerprint density at radius 3 is 2.71 bits per heavy atom. The average molecular weight is 189 g/mol. The quantitative estimate of drug-likeness (QED) is 0.778. The van der Waals surface area contributed by atoms with Crippen LogP contribution in [-0.4, -0.2) is 16.9 Å². The monoisotopic (exact) mass is 189 g/mol. The first kappa shape index (κ1) is 8.62. The van der Waals surface area contributed by atoms with Gasteiger partial charge in [0.1, 0.15) is 17.3 Å². The number of methoxy groups -OCH3 is 1. The van der Waals surface area contributed by atoms with Crippen molar-refractivity contribution in [3.63, 3.8) is 0 Å². The van der Waals surface area contributed by atoms with Gasteiger partial charge in [0.25, 0.3) is 0 Å². The Labute approximate surface area is 81.9 Å². The number of hydrogen-bond acceptors (Lipinski definition) is 3. The highest BCUT2D eigenvalue weighted by molar-refractivity contribution is 5.50. The summed E-state index contributed by atoms with van der Waals surface area (Å²) in [4.78, 5) is 0. The summed E-state index contributed by atoms with van der Waals surface area (Å²) in [6, 6.07) is 9.34. The average Bonchev–Trinajstić information content (AvgIpc) is 2.64. The first-order valence-corrected chi connectivity index (χ1v) is 4.26. The van der Waals surface area contributed by atoms with Crippen LogP contribution in [0.4, 0.5) is 5.82 Å². The molecule has 0 radical (unpaired) electrons. The van der Waals surface area contributed by atoms with Crippen molar-refractivity contribution in [1.82, 2.24) is 9.78 Å². The molecule has 1 aromatic heterocycles. The van der Waals surface area contributed by atoms with Gasteiger partial charge in [-0.25, -0.2) is 4.68 Å². The highest BCUT2D eigenvalue weighted by Crippen LogP contribution is 2.23. The largest absolute Gasteiger partial charge is 0.494 e. The van der Waals surface area contributed by atoms with E-state index in [-0.39, 0.29) is 0 Å². The Morgan fingerprint density at radius 2 is 2.07 bits per heavy atom. The lowest BCUT2D eigenvalue weighted by atomic mass is 10.3. The van der Waals surface area contributed by atoms with Crippen molar-refractivity contribution in [2.45, 2.75) is 0 Å². The van der Waals surface area contributed by atoms with E-state index in [1.807, 2.05) is 24.3 Å². The molecular weight excluding hydrogens is 178 g/mol. The predicted octanol–water partition coefficient (Wildman–Crippen LogP) is 1.46. The molecule has 0 fully saturated rings. The Hall–Kier alpha value is -1.97. The fourth-order valence-electron chi connectivity index (χ4n) is 1.32. The topological polar surface area (TPSA) is 53.1 Å². The number of nitrogens with zero attached hydrogens (tertiary/aromatic N) is 2. The second-order valence-corrected chi connectivity index (χ2v) is 2.84. The van der Waals surface area contributed by atoms with Crippen LogP contribution in [0.1, 0.15) is 0 Å². The first-order chi connectivity index (χ1) is 6.83. The summed E-state index contributed by atoms with van der Waals surface area (Å²) < 4.78 is 6.85. The number of para-hydroxylation sites is 2. The first-order valence-electron chi connectivity index (χ1n) is 4.26. The molecule has 4 nitrogen and oxygen atoms in total. The summed E-state index contributed by atoms with van der Waals surface area (Å²) in [5.41, 5.74) is 6.59. The Bertz CT molecular complexity index is 436. The van der Waals surface area contributed by atoms with Crippen LogP contribution in [-0.2, 0) is 0 Å². The number of benzene rings is 1. The van der Waals surface area contributed by atoms with Crippen molar-refractivity contribution >= 4 is 5.82 Å². The normalized spacial score (nSPS) is 10.1. The maximum Gasteiger partial charge on any atom is 0.144 e. The highest BCUT2D eigenvalue weighted by Gasteiger charge is 2.06. The molecule has 1 heterocycles. The molecule has 0 atom stereocenters. The van der Waals surface area contributed by atoms with Gasteiger partial charge in [0.2, 0.25) is 0 Å². The summed E-state index contributed by atoms with van der Waals surface area (Å²) in [6.45, 7) is 0. The SMILES string of the molecule is COc1ccccc1-n1nccc1N. The van der Waals surface area contributed by atoms with E-state index in [2.05, 4.69) is 5.10 Å². The maximum atomic E-state index is 5.74. The standard InChI is InChI=1S/C10H11N3O/c1-14-9-5-3-2-4-8(9)13-10(11)6-7-12-13/h2-7H,11H2,1H3. The third kappa shape index (κ3) is 1.31. The van der Waals surface area contributed by atoms with Crippen LogP contribution in [0.25, 0.3) is 5.69 Å². The smallest absolute Gasteiger partial charge is 0.144 e. The maximum absolute atomic E-state index is 5.74. The van der Waals surface area contributed by atoms with Crippen molar-refractivity contribution < 1.29 is 4.74 Å². The van der Waals surface area contributed by atoms with Gasteiger partial charge in [-0.2, -0.15) is 5.10 Å². The number of aromatic nitrogens is 2. The molecule has 0 aliphatic carbocycles. The van der Waals surface area contributed by atoms with Crippen LogP contribution < -0.4 is 10.5 Å². The summed E-state index contributed by atoms with van der Waals surface area (Å²) in [5.74, 6) is 1.34. The minimum absolute atomic E-state index is 0.592. The molecule has 2 rings (SSSR count). The molecule has 0 bridgehead atoms. The number of anilines is 1. The zero-order valence-corrected chi connectivity index (χ0v) is 7.84. The Morgan fingerprint density at radius 1 is 1.29 bits per heavy atom. The van der Waals surface area contributed by atoms with Crippen LogP contribution in [0.3, 0.4) is 0 Å². The van der Waals surface area contributed by atoms with Gasteiger partial charge in [0.05, 0.1) is 13.3 Å². The molecule has 0 unspecified atom stereocenters. The third-order valence-electron chi connectivity index (χ3n) is 1.99. The van der Waals surface area contributed by atoms with E-state index in [4.69, 9.17) is 10.5 Å². The van der Waals surface area contributed by atoms with Gasteiger partial charge in [0, 0.05) is 6.07 Å². The predicted molar refractivity (Wildman–Crippen MR) is 54.5 cm³/mol. The summed E-state index contributed by atoms with van der Waals surface area (Å²) in [5, 5.41) is 4.11. The van der Waals surface area contributed by atoms with Gasteiger partial charge in [-0.3, -0.25) is 0 Å². The second-order valence-electron chi connectivity index (χ2n) is 2.84. The summed E-state index contributed by atoms with van der Waals surface area (Å²) >= 11 is 0. The number of nitrogen functional groups attached to an aromatic ring is 1. The number of rotatable bonds is 2. The van der Waals surface area contributed by atoms with E-state index in [0.717, 1.165) is 11.4 Å². The van der Waals surface area contributed by atoms with Crippen LogP contribution in [0.15, 0.2) is 36.5 Å². The van der Waals surface area contributed by atoms with Crippen LogP contribution in [0.5, 0.6) is 5.75 Å². The van der Waals surface area contributed by atoms with E-state index in [1.165, 1.54) is 0 Å². The van der Waals surface area contributed by atoms with Crippen LogP contribution >= 0.6 is 0 Å². The molecule has 4 heteroatoms. The molecule has 1 aromatic carbocycles. The van der Waals surface area contributed by atoms with Crippen molar-refractivity contribution in [1.29, 1.82) is 0 Å². The molecule has 72 valence electrons. The third-order valence-corrected chi connectivity index (χ3v) is 1.99. The summed E-state index contributed by atoms with van der Waals surface area (Å²) in [6.07, 6.45) is 1.65. The summed E-state index contributed by atoms with van der Waals surface area (Å²) in [7, 11) is 1.62. The fraction of sp³-hybridized carbons (Fsp3) is 0.100. The molecule has 0 aliphatic heterocycles. The lowest BCUT2D eigenvalue weighted by molar-refractivity contribution is 0.412. The zero-order valence-electron chi connectivity index (χ0n) is 7.84. The van der Waals surface area contributed by atoms with Crippen molar-refractivity contribution in [2.24, 2.45) is 0 Å². The number of hydrogen-bond donors (Lipinski definition) is 1. The van der Waals surface area contributed by atoms with Gasteiger partial charge in [-0.05, 0) is 12.1 Å². The zero-order chi connectivity index (χ0) is 9.97. The van der Waals surface area contributed by atoms with Gasteiger partial charge < -0.3 is 10.5 Å². The van der Waals surface area contributed by atoms with Crippen LogP contribution in [0, 0.1) is 0 Å². The number of ether oxygens (including phenoxy) is 1. The lowest BCUT2D eigenvalue weighted by Crippen LogP contribution is -2.03. The second kappa shape index (κ2) is 3.41. The molecule has 0 aliphatic rings. The lowest BCUT2D eigenvalue weighted by Gasteiger charge is -2.08. The Balaban J connectivity index is 2.56. The van der Waals surface area contributed by atoms with Crippen LogP contribution in [0.2, 0.25) is 0 Å². The number of nitrogens with two attached hydrogens (primary N) is 1. The van der Waals surface area contributed by atoms with Gasteiger partial charge in [-0.15, -0.1) is 0 Å². The minimum Gasteiger partial charge on any atom is -0.494 e. The van der Waals surface area contributed by atoms with E-state index >= 15 is 0 Å². The molecule has 0 saturated heterocycles. The van der Waals surface area contributed by atoms with E-state index < -0.39 is 0 Å². The highest BCUT2D eigenvalue weighted by atomic mass is 16.5. The molecule has 0 spiro atoms. The van der Waals surface area contributed by atoms with Crippen molar-refractivity contribution in [3.8, 4) is 11.4 Å². The molecule has 2 N–H and O–H groups in total.